The van der Waals surface area contributed by atoms with Gasteiger partial charge in [-0.2, -0.15) is 18.4 Å². The van der Waals surface area contributed by atoms with E-state index in [1.807, 2.05) is 0 Å². The molecule has 0 saturated carbocycles. The van der Waals surface area contributed by atoms with Crippen LogP contribution in [0.25, 0.3) is 11.8 Å². The predicted molar refractivity (Wildman–Crippen MR) is 144 cm³/mol. The van der Waals surface area contributed by atoms with Gasteiger partial charge in [0.15, 0.2) is 5.57 Å². The molecule has 2 amide bonds. The molecule has 14 heteroatoms. The van der Waals surface area contributed by atoms with E-state index in [1.54, 1.807) is 66.7 Å². The first-order chi connectivity index (χ1) is 18.9. The average Bonchev–Trinajstić information content (AvgIpc) is 3.21. The Morgan fingerprint density at radius 2 is 1.82 bits per heavy atom. The summed E-state index contributed by atoms with van der Waals surface area (Å²) in [5.41, 5.74) is 0.455. The molecule has 40 heavy (non-hydrogen) atoms. The lowest BCUT2D eigenvalue weighted by Crippen LogP contribution is -2.37. The number of hydrogen-bond acceptors (Lipinski definition) is 7. The van der Waals surface area contributed by atoms with Gasteiger partial charge >= 0.3 is 6.18 Å². The van der Waals surface area contributed by atoms with E-state index >= 15 is 0 Å². The fourth-order valence-electron chi connectivity index (χ4n) is 3.50. The maximum absolute atomic E-state index is 13.1. The van der Waals surface area contributed by atoms with E-state index in [-0.39, 0.29) is 34.0 Å². The molecule has 0 bridgehead atoms. The van der Waals surface area contributed by atoms with E-state index in [0.29, 0.717) is 17.1 Å². The fourth-order valence-corrected chi connectivity index (χ4v) is 4.58. The second kappa shape index (κ2) is 12.9. The van der Waals surface area contributed by atoms with Gasteiger partial charge in [-0.25, -0.2) is 4.39 Å². The van der Waals surface area contributed by atoms with Crippen molar-refractivity contribution < 1.29 is 27.2 Å². The lowest BCUT2D eigenvalue weighted by atomic mass is 10.2. The monoisotopic (exact) mass is 576 g/mol. The van der Waals surface area contributed by atoms with E-state index in [4.69, 9.17) is 0 Å². The number of carbonyl (C=O) groups excluding carboxylic acids is 2. The Hall–Kier alpha value is -4.64. The molecule has 3 N–H and O–H groups in total. The van der Waals surface area contributed by atoms with Crippen LogP contribution >= 0.6 is 11.3 Å². The number of anilines is 3. The number of nitrogens with one attached hydrogen (secondary N) is 3. The smallest absolute Gasteiger partial charge is 0.365 e. The highest BCUT2D eigenvalue weighted by Gasteiger charge is 2.29. The van der Waals surface area contributed by atoms with Gasteiger partial charge in [-0.1, -0.05) is 6.07 Å². The zero-order valence-electron chi connectivity index (χ0n) is 21.3. The molecule has 0 aliphatic heterocycles. The number of nitrogens with zero attached hydrogens (tertiary/aromatic N) is 3. The summed E-state index contributed by atoms with van der Waals surface area (Å²) < 4.78 is 51.7. The summed E-state index contributed by atoms with van der Waals surface area (Å²) in [7, 11) is 1.69. The standard InChI is InChI=1S/C26H24F4N6O3S/c1-3-36-24(39)21(40-25(36)20(12-31)23(38)33-15-26(28,29)30)13-32-17-5-4-6-18(11-17)34-22(37)14-35(2)19-9-7-16(27)8-10-19/h4-11,13,32H,3,14-15H2,1-2H3,(H,33,38)(H,34,37)/b21-13+,25-20-. The number of nitriles is 1. The predicted octanol–water partition coefficient (Wildman–Crippen LogP) is 2.35. The van der Waals surface area contributed by atoms with Gasteiger partial charge in [-0.15, -0.1) is 11.3 Å². The van der Waals surface area contributed by atoms with Crippen LogP contribution in [-0.4, -0.2) is 42.7 Å². The van der Waals surface area contributed by atoms with Gasteiger partial charge in [-0.3, -0.25) is 19.0 Å². The third-order valence-corrected chi connectivity index (χ3v) is 6.52. The van der Waals surface area contributed by atoms with Crippen LogP contribution in [0.4, 0.5) is 34.6 Å². The van der Waals surface area contributed by atoms with Crippen LogP contribution in [0.1, 0.15) is 6.92 Å². The van der Waals surface area contributed by atoms with Gasteiger partial charge in [-0.05, 0) is 49.4 Å². The molecule has 0 spiro atoms. The van der Waals surface area contributed by atoms with Gasteiger partial charge < -0.3 is 20.9 Å². The third kappa shape index (κ3) is 7.93. The highest BCUT2D eigenvalue weighted by Crippen LogP contribution is 2.17. The van der Waals surface area contributed by atoms with Gasteiger partial charge in [0, 0.05) is 36.9 Å². The summed E-state index contributed by atoms with van der Waals surface area (Å²) in [5, 5.41) is 16.7. The summed E-state index contributed by atoms with van der Waals surface area (Å²) in [5.74, 6) is -1.95. The highest BCUT2D eigenvalue weighted by atomic mass is 32.1. The summed E-state index contributed by atoms with van der Waals surface area (Å²) >= 11 is 0.777. The number of aromatic nitrogens is 1. The topological polar surface area (TPSA) is 119 Å². The van der Waals surface area contributed by atoms with Crippen LogP contribution in [0.15, 0.2) is 53.3 Å². The Labute approximate surface area is 229 Å². The molecule has 3 rings (SSSR count). The Balaban J connectivity index is 1.79. The molecule has 0 saturated heterocycles. The number of rotatable bonds is 9. The molecule has 1 heterocycles. The van der Waals surface area contributed by atoms with Crippen molar-refractivity contribution in [2.24, 2.45) is 0 Å². The molecule has 9 nitrogen and oxygen atoms in total. The van der Waals surface area contributed by atoms with Crippen LogP contribution < -0.4 is 35.6 Å². The minimum absolute atomic E-state index is 0.00177. The second-order valence-electron chi connectivity index (χ2n) is 8.36. The molecule has 3 aromatic rings. The SMILES string of the molecule is CCn1c(=O)/c(=C\Nc2cccc(NC(=O)CN(C)c3ccc(F)cc3)c2)s/c1=C(/C#N)C(=O)NCC(F)(F)F. The maximum Gasteiger partial charge on any atom is 0.405 e. The Kier molecular flexibility index (Phi) is 9.68. The van der Waals surface area contributed by atoms with Crippen LogP contribution in [0.2, 0.25) is 0 Å². The van der Waals surface area contributed by atoms with E-state index < -0.39 is 29.8 Å². The first-order valence-corrected chi connectivity index (χ1v) is 12.6. The molecule has 0 unspecified atom stereocenters. The third-order valence-electron chi connectivity index (χ3n) is 5.39. The van der Waals surface area contributed by atoms with Crippen molar-refractivity contribution in [2.45, 2.75) is 19.6 Å². The first-order valence-electron chi connectivity index (χ1n) is 11.7. The molecule has 0 fully saturated rings. The summed E-state index contributed by atoms with van der Waals surface area (Å²) in [6.45, 7) is 0.0497. The first kappa shape index (κ1) is 29.9. The number of thiazole rings is 1. The highest BCUT2D eigenvalue weighted by molar-refractivity contribution is 7.07. The lowest BCUT2D eigenvalue weighted by Gasteiger charge is -2.18. The number of halogens is 4. The molecule has 0 radical (unpaired) electrons. The normalized spacial score (nSPS) is 12.4. The van der Waals surface area contributed by atoms with E-state index in [9.17, 15) is 37.2 Å². The quantitative estimate of drug-likeness (QED) is 0.337. The average molecular weight is 577 g/mol. The minimum Gasteiger partial charge on any atom is -0.365 e. The van der Waals surface area contributed by atoms with E-state index in [1.165, 1.54) is 18.3 Å². The van der Waals surface area contributed by atoms with Gasteiger partial charge in [0.05, 0.1) is 6.54 Å². The Morgan fingerprint density at radius 3 is 2.45 bits per heavy atom. The van der Waals surface area contributed by atoms with Crippen molar-refractivity contribution in [1.82, 2.24) is 9.88 Å². The zero-order valence-corrected chi connectivity index (χ0v) is 22.1. The molecule has 2 aromatic carbocycles. The van der Waals surface area contributed by atoms with E-state index in [0.717, 1.165) is 15.9 Å². The van der Waals surface area contributed by atoms with Crippen molar-refractivity contribution in [1.29, 1.82) is 5.26 Å². The summed E-state index contributed by atoms with van der Waals surface area (Å²) in [6.07, 6.45) is -3.32. The van der Waals surface area contributed by atoms with Gasteiger partial charge in [0.25, 0.3) is 11.5 Å². The van der Waals surface area contributed by atoms with Gasteiger partial charge in [0.2, 0.25) is 5.91 Å². The van der Waals surface area contributed by atoms with Crippen molar-refractivity contribution in [2.75, 3.05) is 35.7 Å². The largest absolute Gasteiger partial charge is 0.405 e. The molecule has 0 aliphatic carbocycles. The molecule has 210 valence electrons. The number of amides is 2. The maximum atomic E-state index is 13.1. The van der Waals surface area contributed by atoms with Crippen molar-refractivity contribution in [3.63, 3.8) is 0 Å². The van der Waals surface area contributed by atoms with Crippen LogP contribution in [0.3, 0.4) is 0 Å². The summed E-state index contributed by atoms with van der Waals surface area (Å²) in [4.78, 5) is 39.2. The summed E-state index contributed by atoms with van der Waals surface area (Å²) in [6, 6.07) is 13.9. The van der Waals surface area contributed by atoms with Crippen molar-refractivity contribution in [3.05, 3.63) is 73.9 Å². The van der Waals surface area contributed by atoms with Crippen LogP contribution in [0, 0.1) is 17.1 Å². The number of benzene rings is 2. The number of likely N-dealkylation sites (N-methyl/N-ethyl adjacent to an activating group) is 1. The minimum atomic E-state index is -4.66. The zero-order chi connectivity index (χ0) is 29.4. The number of alkyl halides is 3. The lowest BCUT2D eigenvalue weighted by molar-refractivity contribution is -0.135. The van der Waals surface area contributed by atoms with Crippen LogP contribution in [0.5, 0.6) is 0 Å². The Bertz CT molecular complexity index is 1610. The fraction of sp³-hybridized carbons (Fsp3) is 0.231. The van der Waals surface area contributed by atoms with Gasteiger partial charge in [0.1, 0.15) is 27.6 Å². The molecule has 0 atom stereocenters. The molecular formula is C26H24F4N6O3S. The molecule has 1 aromatic heterocycles. The van der Waals surface area contributed by atoms with Crippen molar-refractivity contribution in [3.8, 4) is 6.07 Å². The van der Waals surface area contributed by atoms with E-state index in [2.05, 4.69) is 10.6 Å². The molecule has 0 aliphatic rings. The molecular weight excluding hydrogens is 552 g/mol. The van der Waals surface area contributed by atoms with Crippen LogP contribution in [-0.2, 0) is 16.1 Å². The van der Waals surface area contributed by atoms with Crippen molar-refractivity contribution >= 4 is 52.0 Å². The number of carbonyl (C=O) groups is 2. The number of hydrogen-bond donors (Lipinski definition) is 3. The Morgan fingerprint density at radius 1 is 1.15 bits per heavy atom. The second-order valence-corrected chi connectivity index (χ2v) is 9.39.